The van der Waals surface area contributed by atoms with Crippen LogP contribution in [0.2, 0.25) is 0 Å². The molecule has 2 N–H and O–H groups in total. The zero-order chi connectivity index (χ0) is 14.0. The summed E-state index contributed by atoms with van der Waals surface area (Å²) in [4.78, 5) is 22.3. The number of hydrogen-bond acceptors (Lipinski definition) is 4. The van der Waals surface area contributed by atoms with Crippen molar-refractivity contribution in [3.05, 3.63) is 0 Å². The Morgan fingerprint density at radius 3 is 2.44 bits per heavy atom. The number of amides is 1. The molecule has 6 nitrogen and oxygen atoms in total. The molecule has 0 aromatic heterocycles. The maximum atomic E-state index is 11.3. The monoisotopic (exact) mass is 261 g/mol. The van der Waals surface area contributed by atoms with Crippen molar-refractivity contribution in [2.75, 3.05) is 33.5 Å². The summed E-state index contributed by atoms with van der Waals surface area (Å²) in [5.41, 5.74) is 0. The first kappa shape index (κ1) is 16.9. The van der Waals surface area contributed by atoms with Gasteiger partial charge in [0.15, 0.2) is 0 Å². The van der Waals surface area contributed by atoms with Crippen LogP contribution in [0.4, 0.5) is 0 Å². The van der Waals surface area contributed by atoms with Gasteiger partial charge < -0.3 is 19.9 Å². The Hall–Kier alpha value is -1.14. The van der Waals surface area contributed by atoms with E-state index in [1.165, 1.54) is 0 Å². The Balaban J connectivity index is 3.82. The summed E-state index contributed by atoms with van der Waals surface area (Å²) in [6, 6.07) is 0. The van der Waals surface area contributed by atoms with Crippen molar-refractivity contribution >= 4 is 11.9 Å². The van der Waals surface area contributed by atoms with Crippen LogP contribution in [0.25, 0.3) is 0 Å². The Labute approximate surface area is 108 Å². The van der Waals surface area contributed by atoms with Crippen molar-refractivity contribution in [3.8, 4) is 0 Å². The highest BCUT2D eigenvalue weighted by atomic mass is 16.5. The largest absolute Gasteiger partial charge is 0.481 e. The van der Waals surface area contributed by atoms with Crippen LogP contribution in [0, 0.1) is 11.8 Å². The van der Waals surface area contributed by atoms with Gasteiger partial charge in [0.05, 0.1) is 19.1 Å². The van der Waals surface area contributed by atoms with Crippen LogP contribution >= 0.6 is 0 Å². The van der Waals surface area contributed by atoms with Crippen molar-refractivity contribution in [2.24, 2.45) is 11.8 Å². The number of rotatable bonds is 10. The van der Waals surface area contributed by atoms with E-state index in [1.807, 2.05) is 13.8 Å². The molecule has 18 heavy (non-hydrogen) atoms. The zero-order valence-corrected chi connectivity index (χ0v) is 11.3. The van der Waals surface area contributed by atoms with Gasteiger partial charge in [-0.2, -0.15) is 0 Å². The van der Waals surface area contributed by atoms with E-state index in [0.29, 0.717) is 19.6 Å². The van der Waals surface area contributed by atoms with Gasteiger partial charge in [-0.3, -0.25) is 9.59 Å². The van der Waals surface area contributed by atoms with Crippen molar-refractivity contribution in [1.29, 1.82) is 0 Å². The minimum Gasteiger partial charge on any atom is -0.481 e. The highest BCUT2D eigenvalue weighted by Gasteiger charge is 2.19. The van der Waals surface area contributed by atoms with E-state index in [0.717, 1.165) is 0 Å². The number of carboxylic acids is 1. The lowest BCUT2D eigenvalue weighted by atomic mass is 9.97. The molecule has 0 spiro atoms. The fourth-order valence-electron chi connectivity index (χ4n) is 1.44. The fourth-order valence-corrected chi connectivity index (χ4v) is 1.44. The molecule has 1 amide bonds. The van der Waals surface area contributed by atoms with E-state index in [-0.39, 0.29) is 25.0 Å². The molecule has 1 unspecified atom stereocenters. The SMILES string of the molecule is COCCOCC(=O)NCC(CC(C)C)C(=O)O. The lowest BCUT2D eigenvalue weighted by molar-refractivity contribution is -0.142. The molecule has 0 aromatic carbocycles. The summed E-state index contributed by atoms with van der Waals surface area (Å²) < 4.78 is 9.79. The maximum absolute atomic E-state index is 11.3. The number of carboxylic acid groups (broad SMARTS) is 1. The second kappa shape index (κ2) is 9.85. The number of aliphatic carboxylic acids is 1. The summed E-state index contributed by atoms with van der Waals surface area (Å²) in [5, 5.41) is 11.5. The molecule has 0 bridgehead atoms. The van der Waals surface area contributed by atoms with Crippen LogP contribution in [-0.2, 0) is 19.1 Å². The molecule has 0 saturated carbocycles. The predicted octanol–water partition coefficient (Wildman–Crippen LogP) is 0.512. The highest BCUT2D eigenvalue weighted by Crippen LogP contribution is 2.10. The average molecular weight is 261 g/mol. The topological polar surface area (TPSA) is 84.9 Å². The smallest absolute Gasteiger partial charge is 0.308 e. The average Bonchev–Trinajstić information content (AvgIpc) is 2.29. The van der Waals surface area contributed by atoms with Gasteiger partial charge in [-0.1, -0.05) is 13.8 Å². The van der Waals surface area contributed by atoms with E-state index in [4.69, 9.17) is 14.6 Å². The second-order valence-electron chi connectivity index (χ2n) is 4.51. The standard InChI is InChI=1S/C12H23NO5/c1-9(2)6-10(12(15)16)7-13-11(14)8-18-5-4-17-3/h9-10H,4-8H2,1-3H3,(H,13,14)(H,15,16). The van der Waals surface area contributed by atoms with Gasteiger partial charge in [0.25, 0.3) is 0 Å². The van der Waals surface area contributed by atoms with Gasteiger partial charge in [-0.15, -0.1) is 0 Å². The molecular formula is C12H23NO5. The number of ether oxygens (including phenoxy) is 2. The zero-order valence-electron chi connectivity index (χ0n) is 11.3. The summed E-state index contributed by atoms with van der Waals surface area (Å²) in [5.74, 6) is -1.46. The minimum absolute atomic E-state index is 0.0720. The fraction of sp³-hybridized carbons (Fsp3) is 0.833. The van der Waals surface area contributed by atoms with E-state index < -0.39 is 11.9 Å². The molecule has 0 rings (SSSR count). The van der Waals surface area contributed by atoms with Crippen LogP contribution < -0.4 is 5.32 Å². The molecule has 0 saturated heterocycles. The van der Waals surface area contributed by atoms with E-state index in [1.54, 1.807) is 7.11 Å². The van der Waals surface area contributed by atoms with Crippen molar-refractivity contribution < 1.29 is 24.2 Å². The Kier molecular flexibility index (Phi) is 9.22. The van der Waals surface area contributed by atoms with E-state index in [9.17, 15) is 9.59 Å². The van der Waals surface area contributed by atoms with Gasteiger partial charge in [-0.05, 0) is 12.3 Å². The summed E-state index contributed by atoms with van der Waals surface area (Å²) >= 11 is 0. The number of nitrogens with one attached hydrogen (secondary N) is 1. The first-order valence-electron chi connectivity index (χ1n) is 6.03. The minimum atomic E-state index is -0.885. The molecule has 6 heteroatoms. The van der Waals surface area contributed by atoms with Gasteiger partial charge in [0, 0.05) is 13.7 Å². The van der Waals surface area contributed by atoms with Gasteiger partial charge >= 0.3 is 5.97 Å². The third-order valence-corrected chi connectivity index (χ3v) is 2.32. The first-order chi connectivity index (χ1) is 8.47. The van der Waals surface area contributed by atoms with Crippen LogP contribution in [0.3, 0.4) is 0 Å². The van der Waals surface area contributed by atoms with Gasteiger partial charge in [0.2, 0.25) is 5.91 Å². The molecule has 106 valence electrons. The number of carbonyl (C=O) groups excluding carboxylic acids is 1. The van der Waals surface area contributed by atoms with E-state index in [2.05, 4.69) is 5.32 Å². The number of carbonyl (C=O) groups is 2. The predicted molar refractivity (Wildman–Crippen MR) is 66.3 cm³/mol. The first-order valence-corrected chi connectivity index (χ1v) is 6.03. The normalized spacial score (nSPS) is 12.4. The van der Waals surface area contributed by atoms with E-state index >= 15 is 0 Å². The van der Waals surface area contributed by atoms with Gasteiger partial charge in [0.1, 0.15) is 6.61 Å². The summed E-state index contributed by atoms with van der Waals surface area (Å²) in [6.45, 7) is 4.74. The van der Waals surface area contributed by atoms with Crippen LogP contribution in [0.1, 0.15) is 20.3 Å². The molecule has 0 aliphatic carbocycles. The molecule has 0 aliphatic rings. The molecular weight excluding hydrogens is 238 g/mol. The third kappa shape index (κ3) is 8.95. The molecule has 0 aromatic rings. The molecule has 0 aliphatic heterocycles. The number of hydrogen-bond donors (Lipinski definition) is 2. The summed E-state index contributed by atoms with van der Waals surface area (Å²) in [6.07, 6.45) is 0.542. The van der Waals surface area contributed by atoms with Crippen LogP contribution in [-0.4, -0.2) is 50.5 Å². The molecule has 0 radical (unpaired) electrons. The lowest BCUT2D eigenvalue weighted by Crippen LogP contribution is -2.35. The van der Waals surface area contributed by atoms with Crippen LogP contribution in [0.15, 0.2) is 0 Å². The maximum Gasteiger partial charge on any atom is 0.308 e. The highest BCUT2D eigenvalue weighted by molar-refractivity contribution is 5.78. The third-order valence-electron chi connectivity index (χ3n) is 2.32. The number of methoxy groups -OCH3 is 1. The second-order valence-corrected chi connectivity index (χ2v) is 4.51. The Bertz CT molecular complexity index is 255. The Morgan fingerprint density at radius 2 is 1.94 bits per heavy atom. The lowest BCUT2D eigenvalue weighted by Gasteiger charge is -2.15. The summed E-state index contributed by atoms with van der Waals surface area (Å²) in [7, 11) is 1.55. The molecule has 0 fully saturated rings. The van der Waals surface area contributed by atoms with Crippen LogP contribution in [0.5, 0.6) is 0 Å². The molecule has 1 atom stereocenters. The quantitative estimate of drug-likeness (QED) is 0.560. The molecule has 0 heterocycles. The van der Waals surface area contributed by atoms with Crippen molar-refractivity contribution in [1.82, 2.24) is 5.32 Å². The Morgan fingerprint density at radius 1 is 1.28 bits per heavy atom. The van der Waals surface area contributed by atoms with Gasteiger partial charge in [-0.25, -0.2) is 0 Å². The van der Waals surface area contributed by atoms with Crippen molar-refractivity contribution in [3.63, 3.8) is 0 Å². The van der Waals surface area contributed by atoms with Crippen molar-refractivity contribution in [2.45, 2.75) is 20.3 Å².